The van der Waals surface area contributed by atoms with Crippen LogP contribution in [0.4, 0.5) is 0 Å². The molecule has 2 N–H and O–H groups in total. The van der Waals surface area contributed by atoms with Gasteiger partial charge >= 0.3 is 0 Å². The quantitative estimate of drug-likeness (QED) is 0.341. The van der Waals surface area contributed by atoms with E-state index in [4.69, 9.17) is 9.47 Å². The zero-order valence-corrected chi connectivity index (χ0v) is 27.4. The number of aryl methyl sites for hydroxylation is 1. The Bertz CT molecular complexity index is 1410. The van der Waals surface area contributed by atoms with E-state index in [0.29, 0.717) is 11.8 Å². The van der Waals surface area contributed by atoms with Gasteiger partial charge in [0.15, 0.2) is 0 Å². The minimum atomic E-state index is -0.0271. The number of ether oxygens (including phenoxy) is 2. The van der Waals surface area contributed by atoms with Crippen LogP contribution in [0.3, 0.4) is 0 Å². The van der Waals surface area contributed by atoms with E-state index in [-0.39, 0.29) is 23.0 Å². The summed E-state index contributed by atoms with van der Waals surface area (Å²) >= 11 is 0. The third-order valence-electron chi connectivity index (χ3n) is 15.7. The lowest BCUT2D eigenvalue weighted by Gasteiger charge is -2.52. The van der Waals surface area contributed by atoms with Crippen LogP contribution in [-0.4, -0.2) is 36.6 Å². The zero-order valence-electron chi connectivity index (χ0n) is 27.4. The SMILES string of the molecule is COC1=CCC2=C(CCC3C2CC[C@]2(C)C(O)C4CC4C32)C1.COc1ccc2c(c1)CCC1C2CC[C@]2(C)C(O)C3CC3C12. The van der Waals surface area contributed by atoms with Crippen LogP contribution in [0.15, 0.2) is 41.2 Å². The summed E-state index contributed by atoms with van der Waals surface area (Å²) in [5.74, 6) is 9.87. The number of allylic oxidation sites excluding steroid dienone is 3. The van der Waals surface area contributed by atoms with Gasteiger partial charge in [0.25, 0.3) is 0 Å². The lowest BCUT2D eigenvalue weighted by atomic mass is 9.53. The van der Waals surface area contributed by atoms with Crippen molar-refractivity contribution in [2.45, 2.75) is 109 Å². The van der Waals surface area contributed by atoms with Gasteiger partial charge in [-0.3, -0.25) is 0 Å². The molecule has 44 heavy (non-hydrogen) atoms. The van der Waals surface area contributed by atoms with Crippen molar-refractivity contribution in [1.29, 1.82) is 0 Å². The maximum Gasteiger partial charge on any atom is 0.119 e. The summed E-state index contributed by atoms with van der Waals surface area (Å²) in [6.07, 6.45) is 17.2. The molecule has 0 saturated heterocycles. The number of hydrogen-bond donors (Lipinski definition) is 2. The molecular weight excluding hydrogens is 544 g/mol. The third-order valence-corrected chi connectivity index (χ3v) is 15.7. The van der Waals surface area contributed by atoms with Crippen molar-refractivity contribution in [3.05, 3.63) is 52.3 Å². The van der Waals surface area contributed by atoms with Crippen molar-refractivity contribution in [3.63, 3.8) is 0 Å². The number of aliphatic hydroxyl groups excluding tert-OH is 2. The molecule has 0 aliphatic heterocycles. The number of benzene rings is 1. The predicted molar refractivity (Wildman–Crippen MR) is 172 cm³/mol. The molecule has 10 rings (SSSR count). The highest BCUT2D eigenvalue weighted by Gasteiger charge is 2.69. The minimum Gasteiger partial charge on any atom is -0.501 e. The maximum absolute atomic E-state index is 10.7. The second kappa shape index (κ2) is 9.86. The van der Waals surface area contributed by atoms with E-state index in [2.05, 4.69) is 38.1 Å². The second-order valence-corrected chi connectivity index (χ2v) is 17.2. The highest BCUT2D eigenvalue weighted by molar-refractivity contribution is 5.41. The van der Waals surface area contributed by atoms with E-state index in [9.17, 15) is 10.2 Å². The molecule has 1 aromatic carbocycles. The van der Waals surface area contributed by atoms with E-state index in [1.165, 1.54) is 75.5 Å². The summed E-state index contributed by atoms with van der Waals surface area (Å²) in [4.78, 5) is 0. The van der Waals surface area contributed by atoms with Gasteiger partial charge < -0.3 is 19.7 Å². The smallest absolute Gasteiger partial charge is 0.119 e. The summed E-state index contributed by atoms with van der Waals surface area (Å²) in [5, 5.41) is 21.5. The molecule has 238 valence electrons. The van der Waals surface area contributed by atoms with Crippen molar-refractivity contribution in [2.75, 3.05) is 14.2 Å². The second-order valence-electron chi connectivity index (χ2n) is 17.2. The fraction of sp³-hybridized carbons (Fsp3) is 0.750. The summed E-state index contributed by atoms with van der Waals surface area (Å²) in [6.45, 7) is 4.78. The van der Waals surface area contributed by atoms with Crippen molar-refractivity contribution in [2.24, 2.45) is 64.1 Å². The molecule has 6 fully saturated rings. The van der Waals surface area contributed by atoms with Gasteiger partial charge in [0.1, 0.15) is 5.75 Å². The first-order valence-electron chi connectivity index (χ1n) is 18.2. The first-order chi connectivity index (χ1) is 21.3. The molecule has 4 nitrogen and oxygen atoms in total. The number of rotatable bonds is 2. The Balaban J connectivity index is 0.000000123. The minimum absolute atomic E-state index is 0.00910. The fourth-order valence-corrected chi connectivity index (χ4v) is 13.6. The molecule has 4 heteroatoms. The Kier molecular flexibility index (Phi) is 6.38. The number of hydrogen-bond acceptors (Lipinski definition) is 4. The Labute approximate surface area is 264 Å². The highest BCUT2D eigenvalue weighted by Crippen LogP contribution is 2.73. The van der Waals surface area contributed by atoms with E-state index >= 15 is 0 Å². The van der Waals surface area contributed by atoms with Crippen molar-refractivity contribution < 1.29 is 19.7 Å². The summed E-state index contributed by atoms with van der Waals surface area (Å²) < 4.78 is 10.9. The zero-order chi connectivity index (χ0) is 30.1. The van der Waals surface area contributed by atoms with Crippen LogP contribution in [0.2, 0.25) is 0 Å². The molecule has 12 unspecified atom stereocenters. The Morgan fingerprint density at radius 1 is 0.727 bits per heavy atom. The predicted octanol–water partition coefficient (Wildman–Crippen LogP) is 7.83. The van der Waals surface area contributed by atoms with Gasteiger partial charge in [-0.25, -0.2) is 0 Å². The normalized spacial score (nSPS) is 50.1. The lowest BCUT2D eigenvalue weighted by molar-refractivity contribution is -0.0541. The Morgan fingerprint density at radius 3 is 2.02 bits per heavy atom. The van der Waals surface area contributed by atoms with E-state index in [0.717, 1.165) is 65.9 Å². The van der Waals surface area contributed by atoms with Crippen molar-refractivity contribution in [3.8, 4) is 5.75 Å². The number of fused-ring (bicyclic) bond motifs is 13. The van der Waals surface area contributed by atoms with Crippen LogP contribution in [0.25, 0.3) is 0 Å². The molecule has 0 spiro atoms. The monoisotopic (exact) mass is 598 g/mol. The molecule has 0 radical (unpaired) electrons. The van der Waals surface area contributed by atoms with Crippen LogP contribution in [0, 0.1) is 64.1 Å². The van der Waals surface area contributed by atoms with Crippen molar-refractivity contribution in [1.82, 2.24) is 0 Å². The maximum atomic E-state index is 10.7. The molecular formula is C40H54O4. The topological polar surface area (TPSA) is 58.9 Å². The summed E-state index contributed by atoms with van der Waals surface area (Å²) in [6, 6.07) is 6.71. The number of methoxy groups -OCH3 is 2. The van der Waals surface area contributed by atoms with Crippen LogP contribution in [-0.2, 0) is 11.2 Å². The molecule has 9 aliphatic rings. The average molecular weight is 599 g/mol. The summed E-state index contributed by atoms with van der Waals surface area (Å²) in [7, 11) is 3.56. The van der Waals surface area contributed by atoms with E-state index in [1.54, 1.807) is 23.8 Å². The van der Waals surface area contributed by atoms with Gasteiger partial charge in [-0.2, -0.15) is 0 Å². The van der Waals surface area contributed by atoms with Crippen LogP contribution in [0.5, 0.6) is 5.75 Å². The van der Waals surface area contributed by atoms with E-state index < -0.39 is 0 Å². The van der Waals surface area contributed by atoms with Crippen molar-refractivity contribution >= 4 is 0 Å². The molecule has 14 atom stereocenters. The summed E-state index contributed by atoms with van der Waals surface area (Å²) in [5.41, 5.74) is 6.98. The molecule has 0 amide bonds. The molecule has 9 aliphatic carbocycles. The largest absolute Gasteiger partial charge is 0.501 e. The Morgan fingerprint density at radius 2 is 1.36 bits per heavy atom. The first-order valence-corrected chi connectivity index (χ1v) is 18.2. The highest BCUT2D eigenvalue weighted by atomic mass is 16.5. The van der Waals surface area contributed by atoms with Gasteiger partial charge in [-0.1, -0.05) is 31.1 Å². The number of aliphatic hydroxyl groups is 2. The van der Waals surface area contributed by atoms with E-state index in [1.807, 2.05) is 7.11 Å². The van der Waals surface area contributed by atoms with Gasteiger partial charge in [0.05, 0.1) is 32.2 Å². The fourth-order valence-electron chi connectivity index (χ4n) is 13.6. The molecule has 0 bridgehead atoms. The first kappa shape index (κ1) is 28.4. The van der Waals surface area contributed by atoms with Gasteiger partial charge in [0, 0.05) is 6.42 Å². The van der Waals surface area contributed by atoms with Gasteiger partial charge in [-0.15, -0.1) is 0 Å². The standard InChI is InChI=1S/C20H28O2.C20H26O2/c2*1-20-8-7-14-13-6-4-12(22-2)9-11(13)3-5-15(14)18(20)16-10-17(16)19(20)21/h4,14-19,21H,3,5-10H2,1-2H3;4,6,9,14-19,21H,3,5,7-8,10H2,1-2H3/t2*14?,15?,16?,17?,18?,19?,20-/m00/s1. The average Bonchev–Trinajstić information content (AvgIpc) is 3.97. The molecule has 0 aromatic heterocycles. The van der Waals surface area contributed by atoms with Crippen LogP contribution < -0.4 is 4.74 Å². The molecule has 1 aromatic rings. The van der Waals surface area contributed by atoms with Gasteiger partial charge in [-0.05, 0) is 170 Å². The lowest BCUT2D eigenvalue weighted by Crippen LogP contribution is -2.47. The molecule has 6 saturated carbocycles. The Hall–Kier alpha value is -1.78. The molecule has 0 heterocycles. The third kappa shape index (κ3) is 3.88. The van der Waals surface area contributed by atoms with Crippen LogP contribution >= 0.6 is 0 Å². The van der Waals surface area contributed by atoms with Crippen LogP contribution in [0.1, 0.15) is 102 Å². The van der Waals surface area contributed by atoms with Gasteiger partial charge in [0.2, 0.25) is 0 Å².